The predicted molar refractivity (Wildman–Crippen MR) is 87.4 cm³/mol. The van der Waals surface area contributed by atoms with Crippen LogP contribution in [0.15, 0.2) is 24.3 Å². The lowest BCUT2D eigenvalue weighted by Gasteiger charge is -2.19. The van der Waals surface area contributed by atoms with Crippen molar-refractivity contribution >= 4 is 11.6 Å². The van der Waals surface area contributed by atoms with Crippen molar-refractivity contribution in [2.24, 2.45) is 5.92 Å². The molecule has 2 nitrogen and oxygen atoms in total. The minimum atomic E-state index is 0.419. The number of rotatable bonds is 10. The molecular weight excluding hydrogens is 270 g/mol. The van der Waals surface area contributed by atoms with E-state index in [0.717, 1.165) is 37.6 Å². The number of benzene rings is 1. The average Bonchev–Trinajstić information content (AvgIpc) is 2.42. The van der Waals surface area contributed by atoms with Gasteiger partial charge >= 0.3 is 0 Å². The first-order valence-electron chi connectivity index (χ1n) is 7.70. The molecule has 0 fully saturated rings. The summed E-state index contributed by atoms with van der Waals surface area (Å²) in [5.74, 6) is 0.616. The van der Waals surface area contributed by atoms with Crippen molar-refractivity contribution in [2.75, 3.05) is 19.8 Å². The first kappa shape index (κ1) is 17.5. The van der Waals surface area contributed by atoms with Crippen LogP contribution in [-0.2, 0) is 4.74 Å². The van der Waals surface area contributed by atoms with Gasteiger partial charge in [0.15, 0.2) is 0 Å². The van der Waals surface area contributed by atoms with E-state index in [-0.39, 0.29) is 0 Å². The Labute approximate surface area is 128 Å². The van der Waals surface area contributed by atoms with Crippen molar-refractivity contribution in [1.29, 1.82) is 0 Å². The van der Waals surface area contributed by atoms with Crippen LogP contribution in [0.3, 0.4) is 0 Å². The van der Waals surface area contributed by atoms with E-state index in [9.17, 15) is 0 Å². The van der Waals surface area contributed by atoms with Crippen LogP contribution in [0.5, 0.6) is 0 Å². The molecule has 0 aliphatic rings. The van der Waals surface area contributed by atoms with E-state index in [1.165, 1.54) is 12.0 Å². The Morgan fingerprint density at radius 3 is 2.50 bits per heavy atom. The number of hydrogen-bond donors (Lipinski definition) is 1. The molecule has 1 aromatic rings. The number of ether oxygens (including phenoxy) is 1. The van der Waals surface area contributed by atoms with Gasteiger partial charge in [0.1, 0.15) is 0 Å². The summed E-state index contributed by atoms with van der Waals surface area (Å²) in [5, 5.41) is 4.42. The Morgan fingerprint density at radius 1 is 1.20 bits per heavy atom. The summed E-state index contributed by atoms with van der Waals surface area (Å²) in [6, 6.07) is 8.58. The monoisotopic (exact) mass is 297 g/mol. The van der Waals surface area contributed by atoms with Crippen LogP contribution in [0.25, 0.3) is 0 Å². The average molecular weight is 298 g/mol. The van der Waals surface area contributed by atoms with E-state index >= 15 is 0 Å². The number of nitrogens with one attached hydrogen (secondary N) is 1. The molecule has 1 rings (SSSR count). The molecule has 0 heterocycles. The van der Waals surface area contributed by atoms with Gasteiger partial charge in [0.05, 0.1) is 0 Å². The molecule has 114 valence electrons. The molecule has 0 amide bonds. The van der Waals surface area contributed by atoms with Crippen molar-refractivity contribution in [3.05, 3.63) is 34.9 Å². The summed E-state index contributed by atoms with van der Waals surface area (Å²) in [6.45, 7) is 9.26. The molecular formula is C17H28ClNO. The third kappa shape index (κ3) is 7.28. The minimum Gasteiger partial charge on any atom is -0.381 e. The van der Waals surface area contributed by atoms with Gasteiger partial charge in [0.2, 0.25) is 0 Å². The standard InChI is InChI=1S/C17H28ClNO/c1-4-6-17(15-7-9-16(18)10-8-15)19-11-5-12-20-13-14(2)3/h7-10,14,17,19H,4-6,11-13H2,1-3H3. The van der Waals surface area contributed by atoms with Crippen molar-refractivity contribution in [3.8, 4) is 0 Å². The Morgan fingerprint density at radius 2 is 1.90 bits per heavy atom. The van der Waals surface area contributed by atoms with E-state index < -0.39 is 0 Å². The predicted octanol–water partition coefficient (Wildman–Crippen LogP) is 4.83. The largest absolute Gasteiger partial charge is 0.381 e. The Hall–Kier alpha value is -0.570. The molecule has 1 atom stereocenters. The van der Waals surface area contributed by atoms with Gasteiger partial charge in [0.25, 0.3) is 0 Å². The highest BCUT2D eigenvalue weighted by Gasteiger charge is 2.09. The van der Waals surface area contributed by atoms with Crippen LogP contribution in [0.2, 0.25) is 5.02 Å². The molecule has 0 bridgehead atoms. The summed E-state index contributed by atoms with van der Waals surface area (Å²) in [5.41, 5.74) is 1.32. The molecule has 0 aliphatic heterocycles. The maximum atomic E-state index is 5.94. The highest BCUT2D eigenvalue weighted by atomic mass is 35.5. The van der Waals surface area contributed by atoms with E-state index in [2.05, 4.69) is 38.2 Å². The lowest BCUT2D eigenvalue weighted by molar-refractivity contribution is 0.107. The second kappa shape index (κ2) is 10.2. The lowest BCUT2D eigenvalue weighted by atomic mass is 10.0. The molecule has 0 spiro atoms. The van der Waals surface area contributed by atoms with Gasteiger partial charge in [-0.2, -0.15) is 0 Å². The SMILES string of the molecule is CCCC(NCCCOCC(C)C)c1ccc(Cl)cc1. The third-order valence-electron chi connectivity index (χ3n) is 3.16. The van der Waals surface area contributed by atoms with Crippen molar-refractivity contribution in [1.82, 2.24) is 5.32 Å². The third-order valence-corrected chi connectivity index (χ3v) is 3.41. The molecule has 0 saturated carbocycles. The zero-order chi connectivity index (χ0) is 14.8. The molecule has 0 aliphatic carbocycles. The number of halogens is 1. The van der Waals surface area contributed by atoms with Crippen LogP contribution in [-0.4, -0.2) is 19.8 Å². The van der Waals surface area contributed by atoms with Gasteiger partial charge in [-0.1, -0.05) is 50.9 Å². The van der Waals surface area contributed by atoms with Crippen LogP contribution in [0.4, 0.5) is 0 Å². The summed E-state index contributed by atoms with van der Waals surface area (Å²) >= 11 is 5.94. The van der Waals surface area contributed by atoms with Gasteiger partial charge in [0, 0.05) is 24.3 Å². The Bertz CT molecular complexity index is 351. The van der Waals surface area contributed by atoms with Gasteiger partial charge in [-0.25, -0.2) is 0 Å². The van der Waals surface area contributed by atoms with Gasteiger partial charge in [-0.05, 0) is 43.0 Å². The normalized spacial score (nSPS) is 12.8. The molecule has 0 saturated heterocycles. The molecule has 20 heavy (non-hydrogen) atoms. The fourth-order valence-electron chi connectivity index (χ4n) is 2.14. The molecule has 1 N–H and O–H groups in total. The maximum Gasteiger partial charge on any atom is 0.0489 e. The quantitative estimate of drug-likeness (QED) is 0.624. The molecule has 0 aromatic heterocycles. The highest BCUT2D eigenvalue weighted by Crippen LogP contribution is 2.20. The molecule has 1 unspecified atom stereocenters. The van der Waals surface area contributed by atoms with Gasteiger partial charge < -0.3 is 10.1 Å². The summed E-state index contributed by atoms with van der Waals surface area (Å²) < 4.78 is 5.60. The fraction of sp³-hybridized carbons (Fsp3) is 0.647. The van der Waals surface area contributed by atoms with Gasteiger partial charge in [-0.15, -0.1) is 0 Å². The lowest BCUT2D eigenvalue weighted by Crippen LogP contribution is -2.23. The maximum absolute atomic E-state index is 5.94. The fourth-order valence-corrected chi connectivity index (χ4v) is 2.27. The van der Waals surface area contributed by atoms with Gasteiger partial charge in [-0.3, -0.25) is 0 Å². The van der Waals surface area contributed by atoms with Crippen LogP contribution in [0.1, 0.15) is 51.6 Å². The smallest absolute Gasteiger partial charge is 0.0489 e. The van der Waals surface area contributed by atoms with Crippen molar-refractivity contribution < 1.29 is 4.74 Å². The van der Waals surface area contributed by atoms with E-state index in [1.54, 1.807) is 0 Å². The Balaban J connectivity index is 2.30. The second-order valence-electron chi connectivity index (χ2n) is 5.67. The van der Waals surface area contributed by atoms with E-state index in [0.29, 0.717) is 12.0 Å². The number of hydrogen-bond acceptors (Lipinski definition) is 2. The molecule has 0 radical (unpaired) electrons. The van der Waals surface area contributed by atoms with Crippen molar-refractivity contribution in [2.45, 2.75) is 46.1 Å². The topological polar surface area (TPSA) is 21.3 Å². The van der Waals surface area contributed by atoms with Crippen LogP contribution in [0, 0.1) is 5.92 Å². The summed E-state index contributed by atoms with van der Waals surface area (Å²) in [6.07, 6.45) is 3.37. The first-order chi connectivity index (χ1) is 9.63. The summed E-state index contributed by atoms with van der Waals surface area (Å²) in [4.78, 5) is 0. The van der Waals surface area contributed by atoms with E-state index in [4.69, 9.17) is 16.3 Å². The zero-order valence-electron chi connectivity index (χ0n) is 13.0. The molecule has 1 aromatic carbocycles. The van der Waals surface area contributed by atoms with E-state index in [1.807, 2.05) is 12.1 Å². The molecule has 3 heteroatoms. The van der Waals surface area contributed by atoms with Crippen LogP contribution < -0.4 is 5.32 Å². The van der Waals surface area contributed by atoms with Crippen molar-refractivity contribution in [3.63, 3.8) is 0 Å². The highest BCUT2D eigenvalue weighted by molar-refractivity contribution is 6.30. The summed E-state index contributed by atoms with van der Waals surface area (Å²) in [7, 11) is 0. The first-order valence-corrected chi connectivity index (χ1v) is 8.07. The minimum absolute atomic E-state index is 0.419. The zero-order valence-corrected chi connectivity index (χ0v) is 13.7. The Kier molecular flexibility index (Phi) is 8.92. The van der Waals surface area contributed by atoms with Crippen LogP contribution >= 0.6 is 11.6 Å². The second-order valence-corrected chi connectivity index (χ2v) is 6.11.